The summed E-state index contributed by atoms with van der Waals surface area (Å²) in [5, 5.41) is 8.44. The van der Waals surface area contributed by atoms with Gasteiger partial charge in [-0.1, -0.05) is 26.0 Å². The van der Waals surface area contributed by atoms with Crippen molar-refractivity contribution >= 4 is 49.6 Å². The quantitative estimate of drug-likeness (QED) is 0.689. The van der Waals surface area contributed by atoms with Crippen molar-refractivity contribution in [3.05, 3.63) is 20.2 Å². The zero-order valence-corrected chi connectivity index (χ0v) is 13.2. The van der Waals surface area contributed by atoms with Gasteiger partial charge in [-0.3, -0.25) is 0 Å². The third-order valence-corrected chi connectivity index (χ3v) is 4.65. The number of halogens is 2. The summed E-state index contributed by atoms with van der Waals surface area (Å²) in [7, 11) is 0. The molecule has 3 nitrogen and oxygen atoms in total. The van der Waals surface area contributed by atoms with E-state index in [2.05, 4.69) is 81.7 Å². The minimum atomic E-state index is 0.204. The van der Waals surface area contributed by atoms with E-state index in [1.165, 1.54) is 0 Å². The Labute approximate surface area is 117 Å². The van der Waals surface area contributed by atoms with Crippen LogP contribution in [0, 0.1) is 8.99 Å². The van der Waals surface area contributed by atoms with Gasteiger partial charge in [0.2, 0.25) is 0 Å². The van der Waals surface area contributed by atoms with Crippen molar-refractivity contribution in [3.8, 4) is 0 Å². The molecule has 0 saturated carbocycles. The summed E-state index contributed by atoms with van der Waals surface area (Å²) >= 11 is 5.84. The van der Waals surface area contributed by atoms with Gasteiger partial charge in [0.25, 0.3) is 0 Å². The molecule has 0 bridgehead atoms. The molecule has 0 atom stereocenters. The molecule has 0 unspecified atom stereocenters. The largest absolute Gasteiger partial charge is 0.244 e. The van der Waals surface area contributed by atoms with Crippen LogP contribution in [0.15, 0.2) is 16.6 Å². The van der Waals surface area contributed by atoms with Gasteiger partial charge in [0, 0.05) is 10.1 Å². The highest BCUT2D eigenvalue weighted by Crippen LogP contribution is 2.28. The lowest BCUT2D eigenvalue weighted by molar-refractivity contribution is 0.327. The number of aromatic nitrogens is 3. The molecule has 5 heteroatoms. The standard InChI is InChI=1S/C11H13BrIN3/c1-11(2,3)6-16-8-5-4-7(13)9(12)10(8)14-15-16/h4-5H,6H2,1-3H3. The van der Waals surface area contributed by atoms with E-state index in [1.54, 1.807) is 0 Å². The van der Waals surface area contributed by atoms with Crippen molar-refractivity contribution in [3.63, 3.8) is 0 Å². The second-order valence-corrected chi connectivity index (χ2v) is 6.99. The Hall–Kier alpha value is -0.170. The van der Waals surface area contributed by atoms with Crippen LogP contribution < -0.4 is 0 Å². The molecule has 0 amide bonds. The molecule has 0 aliphatic carbocycles. The minimum Gasteiger partial charge on any atom is -0.244 e. The molecule has 2 rings (SSSR count). The van der Waals surface area contributed by atoms with E-state index in [4.69, 9.17) is 0 Å². The van der Waals surface area contributed by atoms with Gasteiger partial charge in [-0.25, -0.2) is 4.68 Å². The van der Waals surface area contributed by atoms with Gasteiger partial charge >= 0.3 is 0 Å². The van der Waals surface area contributed by atoms with Crippen LogP contribution >= 0.6 is 38.5 Å². The molecule has 0 N–H and O–H groups in total. The van der Waals surface area contributed by atoms with E-state index >= 15 is 0 Å². The predicted octanol–water partition coefficient (Wildman–Crippen LogP) is 3.84. The molecular formula is C11H13BrIN3. The van der Waals surface area contributed by atoms with E-state index in [0.29, 0.717) is 0 Å². The van der Waals surface area contributed by atoms with E-state index in [1.807, 2.05) is 4.68 Å². The van der Waals surface area contributed by atoms with Crippen molar-refractivity contribution in [2.45, 2.75) is 27.3 Å². The highest BCUT2D eigenvalue weighted by Gasteiger charge is 2.16. The van der Waals surface area contributed by atoms with Crippen molar-refractivity contribution in [2.24, 2.45) is 5.41 Å². The molecule has 0 radical (unpaired) electrons. The number of hydrogen-bond donors (Lipinski definition) is 0. The van der Waals surface area contributed by atoms with Crippen LogP contribution in [0.3, 0.4) is 0 Å². The molecule has 0 aliphatic heterocycles. The van der Waals surface area contributed by atoms with Crippen LogP contribution in [0.2, 0.25) is 0 Å². The predicted molar refractivity (Wildman–Crippen MR) is 77.4 cm³/mol. The highest BCUT2D eigenvalue weighted by atomic mass is 127. The summed E-state index contributed by atoms with van der Waals surface area (Å²) in [4.78, 5) is 0. The Morgan fingerprint density at radius 3 is 2.69 bits per heavy atom. The Morgan fingerprint density at radius 1 is 1.38 bits per heavy atom. The zero-order chi connectivity index (χ0) is 11.9. The number of rotatable bonds is 1. The molecule has 2 aromatic rings. The van der Waals surface area contributed by atoms with E-state index in [-0.39, 0.29) is 5.41 Å². The Morgan fingerprint density at radius 2 is 2.06 bits per heavy atom. The van der Waals surface area contributed by atoms with Crippen molar-refractivity contribution in [2.75, 3.05) is 0 Å². The van der Waals surface area contributed by atoms with Crippen LogP contribution in [0.4, 0.5) is 0 Å². The third kappa shape index (κ3) is 2.40. The van der Waals surface area contributed by atoms with E-state index in [0.717, 1.165) is 25.6 Å². The van der Waals surface area contributed by atoms with E-state index in [9.17, 15) is 0 Å². The zero-order valence-electron chi connectivity index (χ0n) is 9.46. The Kier molecular flexibility index (Phi) is 3.27. The normalized spacial score (nSPS) is 12.3. The van der Waals surface area contributed by atoms with Gasteiger partial charge in [0.1, 0.15) is 5.52 Å². The van der Waals surface area contributed by atoms with E-state index < -0.39 is 0 Å². The average Bonchev–Trinajstić information content (AvgIpc) is 2.53. The number of hydrogen-bond acceptors (Lipinski definition) is 2. The second kappa shape index (κ2) is 4.25. The molecule has 86 valence electrons. The molecule has 1 heterocycles. The van der Waals surface area contributed by atoms with Crippen LogP contribution in [0.25, 0.3) is 11.0 Å². The summed E-state index contributed by atoms with van der Waals surface area (Å²) in [6.07, 6.45) is 0. The van der Waals surface area contributed by atoms with Gasteiger partial charge in [-0.05, 0) is 56.1 Å². The first-order valence-corrected chi connectivity index (χ1v) is 6.93. The Balaban J connectivity index is 2.54. The topological polar surface area (TPSA) is 30.7 Å². The lowest BCUT2D eigenvalue weighted by atomic mass is 9.97. The van der Waals surface area contributed by atoms with Gasteiger partial charge < -0.3 is 0 Å². The molecule has 1 aromatic carbocycles. The van der Waals surface area contributed by atoms with Crippen LogP contribution in [0.1, 0.15) is 20.8 Å². The fraction of sp³-hybridized carbons (Fsp3) is 0.455. The first-order chi connectivity index (χ1) is 7.38. The first-order valence-electron chi connectivity index (χ1n) is 5.06. The monoisotopic (exact) mass is 393 g/mol. The molecule has 0 spiro atoms. The lowest BCUT2D eigenvalue weighted by Crippen LogP contribution is -2.16. The van der Waals surface area contributed by atoms with Crippen LogP contribution in [-0.2, 0) is 6.54 Å². The van der Waals surface area contributed by atoms with Crippen molar-refractivity contribution in [1.82, 2.24) is 15.0 Å². The molecule has 0 fully saturated rings. The van der Waals surface area contributed by atoms with Crippen molar-refractivity contribution in [1.29, 1.82) is 0 Å². The summed E-state index contributed by atoms with van der Waals surface area (Å²) in [5.74, 6) is 0. The maximum atomic E-state index is 4.22. The first kappa shape index (κ1) is 12.3. The average molecular weight is 394 g/mol. The highest BCUT2D eigenvalue weighted by molar-refractivity contribution is 14.1. The third-order valence-electron chi connectivity index (χ3n) is 2.20. The summed E-state index contributed by atoms with van der Waals surface area (Å²) in [6.45, 7) is 7.46. The summed E-state index contributed by atoms with van der Waals surface area (Å²) in [6, 6.07) is 4.16. The van der Waals surface area contributed by atoms with Crippen molar-refractivity contribution < 1.29 is 0 Å². The van der Waals surface area contributed by atoms with Crippen LogP contribution in [-0.4, -0.2) is 15.0 Å². The molecule has 1 aromatic heterocycles. The fourth-order valence-electron chi connectivity index (χ4n) is 1.55. The van der Waals surface area contributed by atoms with Gasteiger partial charge in [-0.2, -0.15) is 0 Å². The molecular weight excluding hydrogens is 381 g/mol. The SMILES string of the molecule is CC(C)(C)Cn1nnc2c(Br)c(I)ccc21. The van der Waals surface area contributed by atoms with Gasteiger partial charge in [-0.15, -0.1) is 5.10 Å². The smallest absolute Gasteiger partial charge is 0.128 e. The fourth-order valence-corrected chi connectivity index (χ4v) is 2.40. The Bertz CT molecular complexity index is 528. The molecule has 0 aliphatic rings. The lowest BCUT2D eigenvalue weighted by Gasteiger charge is -2.17. The van der Waals surface area contributed by atoms with Crippen LogP contribution in [0.5, 0.6) is 0 Å². The number of benzene rings is 1. The number of nitrogens with zero attached hydrogens (tertiary/aromatic N) is 3. The van der Waals surface area contributed by atoms with Gasteiger partial charge in [0.15, 0.2) is 0 Å². The maximum Gasteiger partial charge on any atom is 0.128 e. The molecule has 0 saturated heterocycles. The summed E-state index contributed by atoms with van der Waals surface area (Å²) in [5.41, 5.74) is 2.23. The maximum absolute atomic E-state index is 4.22. The van der Waals surface area contributed by atoms with Gasteiger partial charge in [0.05, 0.1) is 9.99 Å². The minimum absolute atomic E-state index is 0.204. The number of fused-ring (bicyclic) bond motifs is 1. The summed E-state index contributed by atoms with van der Waals surface area (Å²) < 4.78 is 4.16. The second-order valence-electron chi connectivity index (χ2n) is 5.04. The molecule has 16 heavy (non-hydrogen) atoms.